The number of hydrogen-bond acceptors (Lipinski definition) is 2. The first-order valence-corrected chi connectivity index (χ1v) is 4.25. The summed E-state index contributed by atoms with van der Waals surface area (Å²) < 4.78 is 0. The Morgan fingerprint density at radius 3 is 2.09 bits per heavy atom. The second kappa shape index (κ2) is 2.48. The Morgan fingerprint density at radius 1 is 1.27 bits per heavy atom. The van der Waals surface area contributed by atoms with Crippen molar-refractivity contribution in [3.63, 3.8) is 0 Å². The smallest absolute Gasteiger partial charge is 0.317 e. The van der Waals surface area contributed by atoms with Gasteiger partial charge in [0.05, 0.1) is 6.54 Å². The molecule has 0 aliphatic carbocycles. The summed E-state index contributed by atoms with van der Waals surface area (Å²) in [6, 6.07) is 1.19. The summed E-state index contributed by atoms with van der Waals surface area (Å²) in [5, 5.41) is 8.60. The highest BCUT2D eigenvalue weighted by Gasteiger charge is 2.39. The van der Waals surface area contributed by atoms with Crippen molar-refractivity contribution in [1.29, 1.82) is 0 Å². The van der Waals surface area contributed by atoms with Gasteiger partial charge in [-0.05, 0) is 25.7 Å². The number of carbonyl (C=O) groups is 1. The van der Waals surface area contributed by atoms with Crippen LogP contribution in [-0.2, 0) is 4.79 Å². The van der Waals surface area contributed by atoms with Gasteiger partial charge in [0.15, 0.2) is 0 Å². The fourth-order valence-electron chi connectivity index (χ4n) is 2.43. The Morgan fingerprint density at radius 2 is 1.73 bits per heavy atom. The molecule has 3 nitrogen and oxygen atoms in total. The van der Waals surface area contributed by atoms with E-state index in [2.05, 4.69) is 4.90 Å². The molecule has 2 rings (SSSR count). The maximum Gasteiger partial charge on any atom is 0.317 e. The molecule has 0 unspecified atom stereocenters. The van der Waals surface area contributed by atoms with Crippen LogP contribution in [0, 0.1) is 0 Å². The third-order valence-corrected chi connectivity index (χ3v) is 2.92. The van der Waals surface area contributed by atoms with E-state index in [-0.39, 0.29) is 6.54 Å². The van der Waals surface area contributed by atoms with Crippen LogP contribution >= 0.6 is 0 Å². The summed E-state index contributed by atoms with van der Waals surface area (Å²) in [6.45, 7) is 0.259. The molecule has 3 heteroatoms. The third-order valence-electron chi connectivity index (χ3n) is 2.92. The van der Waals surface area contributed by atoms with Crippen LogP contribution in [0.3, 0.4) is 0 Å². The van der Waals surface area contributed by atoms with Crippen molar-refractivity contribution in [2.45, 2.75) is 37.8 Å². The number of rotatable bonds is 2. The van der Waals surface area contributed by atoms with Gasteiger partial charge in [-0.3, -0.25) is 9.69 Å². The maximum atomic E-state index is 10.4. The zero-order valence-electron chi connectivity index (χ0n) is 6.49. The predicted molar refractivity (Wildman–Crippen MR) is 40.4 cm³/mol. The van der Waals surface area contributed by atoms with E-state index in [1.807, 2.05) is 0 Å². The molecule has 0 aromatic rings. The Bertz CT molecular complexity index is 161. The first-order chi connectivity index (χ1) is 5.27. The van der Waals surface area contributed by atoms with Crippen LogP contribution in [0.25, 0.3) is 0 Å². The molecule has 2 aliphatic heterocycles. The predicted octanol–water partition coefficient (Wildman–Crippen LogP) is 0.698. The largest absolute Gasteiger partial charge is 0.480 e. The molecule has 2 saturated heterocycles. The topological polar surface area (TPSA) is 40.5 Å². The fraction of sp³-hybridized carbons (Fsp3) is 0.875. The van der Waals surface area contributed by atoms with Gasteiger partial charge >= 0.3 is 5.97 Å². The van der Waals surface area contributed by atoms with Crippen LogP contribution < -0.4 is 0 Å². The van der Waals surface area contributed by atoms with Crippen molar-refractivity contribution in [3.05, 3.63) is 0 Å². The highest BCUT2D eigenvalue weighted by Crippen LogP contribution is 2.36. The zero-order valence-corrected chi connectivity index (χ0v) is 6.49. The number of hydrogen-bond donors (Lipinski definition) is 1. The molecule has 2 aliphatic rings. The van der Waals surface area contributed by atoms with E-state index in [4.69, 9.17) is 5.11 Å². The average Bonchev–Trinajstić information content (AvgIpc) is 2.48. The van der Waals surface area contributed by atoms with Gasteiger partial charge in [-0.1, -0.05) is 0 Å². The van der Waals surface area contributed by atoms with Gasteiger partial charge in [0, 0.05) is 12.1 Å². The van der Waals surface area contributed by atoms with Crippen LogP contribution in [0.5, 0.6) is 0 Å². The second-order valence-corrected chi connectivity index (χ2v) is 3.53. The molecule has 0 atom stereocenters. The minimum Gasteiger partial charge on any atom is -0.480 e. The van der Waals surface area contributed by atoms with E-state index in [1.165, 1.54) is 25.7 Å². The van der Waals surface area contributed by atoms with Crippen LogP contribution in [0.15, 0.2) is 0 Å². The van der Waals surface area contributed by atoms with E-state index in [1.54, 1.807) is 0 Å². The minimum atomic E-state index is -0.677. The Balaban J connectivity index is 1.99. The van der Waals surface area contributed by atoms with Crippen molar-refractivity contribution < 1.29 is 9.90 Å². The lowest BCUT2D eigenvalue weighted by Crippen LogP contribution is -2.33. The number of carboxylic acid groups (broad SMARTS) is 1. The SMILES string of the molecule is O=C(O)CN1C2CCC1CC2. The van der Waals surface area contributed by atoms with Crippen molar-refractivity contribution in [1.82, 2.24) is 4.90 Å². The Kier molecular flexibility index (Phi) is 1.60. The molecule has 2 heterocycles. The van der Waals surface area contributed by atoms with Gasteiger partial charge in [0.1, 0.15) is 0 Å². The summed E-state index contributed by atoms with van der Waals surface area (Å²) in [7, 11) is 0. The molecule has 0 spiro atoms. The molecule has 0 amide bonds. The van der Waals surface area contributed by atoms with Gasteiger partial charge in [0.2, 0.25) is 0 Å². The highest BCUT2D eigenvalue weighted by atomic mass is 16.4. The van der Waals surface area contributed by atoms with Gasteiger partial charge in [-0.2, -0.15) is 0 Å². The molecular weight excluding hydrogens is 142 g/mol. The van der Waals surface area contributed by atoms with Crippen molar-refractivity contribution in [3.8, 4) is 0 Å². The Hall–Kier alpha value is -0.570. The molecule has 62 valence electrons. The fourth-order valence-corrected chi connectivity index (χ4v) is 2.43. The molecule has 0 aromatic carbocycles. The van der Waals surface area contributed by atoms with Gasteiger partial charge < -0.3 is 5.11 Å². The molecule has 2 fully saturated rings. The minimum absolute atomic E-state index is 0.259. The number of carboxylic acids is 1. The van der Waals surface area contributed by atoms with E-state index >= 15 is 0 Å². The van der Waals surface area contributed by atoms with E-state index in [0.29, 0.717) is 12.1 Å². The van der Waals surface area contributed by atoms with E-state index < -0.39 is 5.97 Å². The molecule has 0 aromatic heterocycles. The summed E-state index contributed by atoms with van der Waals surface area (Å²) in [6.07, 6.45) is 4.88. The zero-order chi connectivity index (χ0) is 7.84. The normalized spacial score (nSPS) is 36.4. The lowest BCUT2D eigenvalue weighted by molar-refractivity contribution is -0.138. The summed E-state index contributed by atoms with van der Waals surface area (Å²) in [4.78, 5) is 12.6. The lowest BCUT2D eigenvalue weighted by atomic mass is 10.0. The third kappa shape index (κ3) is 1.13. The monoisotopic (exact) mass is 155 g/mol. The van der Waals surface area contributed by atoms with Crippen LogP contribution in [0.1, 0.15) is 25.7 Å². The second-order valence-electron chi connectivity index (χ2n) is 3.53. The van der Waals surface area contributed by atoms with Gasteiger partial charge in [-0.25, -0.2) is 0 Å². The van der Waals surface area contributed by atoms with Crippen LogP contribution in [-0.4, -0.2) is 34.6 Å². The first-order valence-electron chi connectivity index (χ1n) is 4.25. The van der Waals surface area contributed by atoms with Crippen LogP contribution in [0.4, 0.5) is 0 Å². The standard InChI is InChI=1S/C8H13NO2/c10-8(11)5-9-6-1-2-7(9)4-3-6/h6-7H,1-5H2,(H,10,11). The average molecular weight is 155 g/mol. The van der Waals surface area contributed by atoms with E-state index in [9.17, 15) is 4.79 Å². The summed E-state index contributed by atoms with van der Waals surface area (Å²) >= 11 is 0. The number of aliphatic carboxylic acids is 1. The maximum absolute atomic E-state index is 10.4. The number of nitrogens with zero attached hydrogens (tertiary/aromatic N) is 1. The molecular formula is C8H13NO2. The van der Waals surface area contributed by atoms with Gasteiger partial charge in [0.25, 0.3) is 0 Å². The summed E-state index contributed by atoms with van der Waals surface area (Å²) in [5.41, 5.74) is 0. The number of fused-ring (bicyclic) bond motifs is 2. The Labute approximate surface area is 66.0 Å². The lowest BCUT2D eigenvalue weighted by Gasteiger charge is -2.18. The van der Waals surface area contributed by atoms with Crippen molar-refractivity contribution >= 4 is 5.97 Å². The molecule has 0 radical (unpaired) electrons. The summed E-state index contributed by atoms with van der Waals surface area (Å²) in [5.74, 6) is -0.677. The van der Waals surface area contributed by atoms with Crippen LogP contribution in [0.2, 0.25) is 0 Å². The molecule has 2 bridgehead atoms. The van der Waals surface area contributed by atoms with Gasteiger partial charge in [-0.15, -0.1) is 0 Å². The van der Waals surface area contributed by atoms with Crippen molar-refractivity contribution in [2.75, 3.05) is 6.54 Å². The highest BCUT2D eigenvalue weighted by molar-refractivity contribution is 5.69. The van der Waals surface area contributed by atoms with Crippen molar-refractivity contribution in [2.24, 2.45) is 0 Å². The quantitative estimate of drug-likeness (QED) is 0.638. The molecule has 1 N–H and O–H groups in total. The first kappa shape index (κ1) is 7.10. The van der Waals surface area contributed by atoms with E-state index in [0.717, 1.165) is 0 Å². The molecule has 11 heavy (non-hydrogen) atoms. The molecule has 0 saturated carbocycles.